The van der Waals surface area contributed by atoms with E-state index >= 15 is 0 Å². The van der Waals surface area contributed by atoms with E-state index in [1.807, 2.05) is 36.4 Å². The van der Waals surface area contributed by atoms with Gasteiger partial charge in [-0.2, -0.15) is 0 Å². The second-order valence-electron chi connectivity index (χ2n) is 7.99. The van der Waals surface area contributed by atoms with Gasteiger partial charge in [0.05, 0.1) is 5.70 Å². The summed E-state index contributed by atoms with van der Waals surface area (Å²) in [5.74, 6) is -0.487. The van der Waals surface area contributed by atoms with E-state index in [0.717, 1.165) is 35.6 Å². The molecular weight excluding hydrogens is 446 g/mol. The molecule has 32 heavy (non-hydrogen) atoms. The fourth-order valence-corrected chi connectivity index (χ4v) is 6.29. The molecule has 2 aliphatic rings. The molecule has 0 bridgehead atoms. The molecule has 3 aromatic rings. The Labute approximate surface area is 192 Å². The zero-order valence-electron chi connectivity index (χ0n) is 17.5. The van der Waals surface area contributed by atoms with Gasteiger partial charge in [0.25, 0.3) is 15.9 Å². The summed E-state index contributed by atoms with van der Waals surface area (Å²) in [7, 11) is -2.50. The van der Waals surface area contributed by atoms with E-state index in [0.29, 0.717) is 27.4 Å². The highest BCUT2D eigenvalue weighted by molar-refractivity contribution is 7.89. The minimum atomic E-state index is -3.94. The minimum absolute atomic E-state index is 0.120. The van der Waals surface area contributed by atoms with Gasteiger partial charge in [0.1, 0.15) is 10.6 Å². The number of halogens is 1. The zero-order valence-corrected chi connectivity index (χ0v) is 19.1. The molecule has 1 saturated heterocycles. The van der Waals surface area contributed by atoms with Crippen LogP contribution in [0.25, 0.3) is 16.5 Å². The Morgan fingerprint density at radius 3 is 2.50 bits per heavy atom. The Hall–Kier alpha value is -3.03. The first-order valence-electron chi connectivity index (χ1n) is 10.4. The van der Waals surface area contributed by atoms with Gasteiger partial charge in [0.15, 0.2) is 0 Å². The highest BCUT2D eigenvalue weighted by Gasteiger charge is 2.41. The van der Waals surface area contributed by atoms with Crippen molar-refractivity contribution < 1.29 is 13.2 Å². The first-order chi connectivity index (χ1) is 15.4. The van der Waals surface area contributed by atoms with Crippen LogP contribution in [-0.2, 0) is 14.8 Å². The fraction of sp³-hybridized carbons (Fsp3) is 0.208. The summed E-state index contributed by atoms with van der Waals surface area (Å²) < 4.78 is 28.5. The van der Waals surface area contributed by atoms with Gasteiger partial charge in [0, 0.05) is 41.8 Å². The lowest BCUT2D eigenvalue weighted by molar-refractivity contribution is -0.113. The number of rotatable bonds is 3. The van der Waals surface area contributed by atoms with Crippen molar-refractivity contribution in [2.45, 2.75) is 17.7 Å². The van der Waals surface area contributed by atoms with Crippen LogP contribution in [0.1, 0.15) is 18.4 Å². The third-order valence-electron chi connectivity index (χ3n) is 6.01. The summed E-state index contributed by atoms with van der Waals surface area (Å²) in [6.07, 6.45) is 1.98. The summed E-state index contributed by atoms with van der Waals surface area (Å²) in [4.78, 5) is 15.8. The van der Waals surface area contributed by atoms with E-state index in [1.165, 1.54) is 7.05 Å². The number of hydrogen-bond donors (Lipinski definition) is 1. The number of fused-ring (bicyclic) bond motifs is 3. The first-order valence-corrected chi connectivity index (χ1v) is 12.3. The number of likely N-dealkylation sites (tertiary alicyclic amines) is 1. The first kappa shape index (κ1) is 20.8. The molecule has 1 fully saturated rings. The maximum Gasteiger partial charge on any atom is 0.275 e. The number of sulfonamides is 1. The summed E-state index contributed by atoms with van der Waals surface area (Å²) in [6, 6.07) is 18.0. The molecule has 1 N–H and O–H groups in total. The van der Waals surface area contributed by atoms with Crippen LogP contribution in [0.3, 0.4) is 0 Å². The lowest BCUT2D eigenvalue weighted by Gasteiger charge is -2.35. The van der Waals surface area contributed by atoms with Crippen molar-refractivity contribution in [1.82, 2.24) is 9.21 Å². The summed E-state index contributed by atoms with van der Waals surface area (Å²) in [5.41, 5.74) is 1.85. The molecule has 1 amide bonds. The molecule has 0 spiro atoms. The summed E-state index contributed by atoms with van der Waals surface area (Å²) >= 11 is 6.06. The average Bonchev–Trinajstić information content (AvgIpc) is 3.30. The maximum atomic E-state index is 13.7. The molecule has 0 radical (unpaired) electrons. The molecule has 2 aliphatic heterocycles. The highest BCUT2D eigenvalue weighted by Crippen LogP contribution is 2.42. The van der Waals surface area contributed by atoms with Gasteiger partial charge in [-0.25, -0.2) is 8.42 Å². The third kappa shape index (κ3) is 3.32. The van der Waals surface area contributed by atoms with Crippen LogP contribution in [0.2, 0.25) is 5.02 Å². The van der Waals surface area contributed by atoms with Crippen molar-refractivity contribution in [3.05, 3.63) is 76.9 Å². The van der Waals surface area contributed by atoms with Gasteiger partial charge in [0.2, 0.25) is 0 Å². The third-order valence-corrected chi connectivity index (χ3v) is 8.11. The second-order valence-corrected chi connectivity index (χ2v) is 10.3. The molecule has 2 heterocycles. The smallest absolute Gasteiger partial charge is 0.275 e. The van der Waals surface area contributed by atoms with Crippen molar-refractivity contribution in [1.29, 1.82) is 0 Å². The van der Waals surface area contributed by atoms with Crippen molar-refractivity contribution in [3.8, 4) is 0 Å². The van der Waals surface area contributed by atoms with Crippen LogP contribution in [0, 0.1) is 0 Å². The normalized spacial score (nSPS) is 17.6. The van der Waals surface area contributed by atoms with Crippen molar-refractivity contribution in [2.75, 3.05) is 25.5 Å². The Morgan fingerprint density at radius 1 is 1.00 bits per heavy atom. The van der Waals surface area contributed by atoms with E-state index in [4.69, 9.17) is 11.6 Å². The van der Waals surface area contributed by atoms with Gasteiger partial charge in [-0.1, -0.05) is 54.1 Å². The molecule has 3 aromatic carbocycles. The summed E-state index contributed by atoms with van der Waals surface area (Å²) in [6.45, 7) is 1.53. The van der Waals surface area contributed by atoms with E-state index in [-0.39, 0.29) is 10.6 Å². The molecule has 0 saturated carbocycles. The summed E-state index contributed by atoms with van der Waals surface area (Å²) in [5, 5.41) is 4.81. The molecular formula is C24H22ClN3O3S. The number of carbonyl (C=O) groups excluding carboxylic acids is 1. The molecule has 0 unspecified atom stereocenters. The molecule has 164 valence electrons. The zero-order chi connectivity index (χ0) is 22.5. The standard InChI is InChI=1S/C24H22ClN3O3S/c1-27-22(24(29)26-18-9-6-8-17(25)15-18)21(28-13-4-5-14-28)20-12-11-16-7-2-3-10-19(16)23(20)32(27,30)31/h2-3,6-12,15H,4-5,13-14H2,1H3,(H,26,29). The van der Waals surface area contributed by atoms with E-state index in [9.17, 15) is 13.2 Å². The fourth-order valence-electron chi connectivity index (χ4n) is 4.51. The quantitative estimate of drug-likeness (QED) is 0.614. The number of anilines is 1. The Kier molecular flexibility index (Phi) is 5.10. The van der Waals surface area contributed by atoms with Crippen LogP contribution in [0.5, 0.6) is 0 Å². The number of nitrogens with zero attached hydrogens (tertiary/aromatic N) is 2. The van der Waals surface area contributed by atoms with E-state index < -0.39 is 15.9 Å². The van der Waals surface area contributed by atoms with Crippen molar-refractivity contribution >= 4 is 49.7 Å². The molecule has 0 aromatic heterocycles. The molecule has 6 nitrogen and oxygen atoms in total. The second kappa shape index (κ2) is 7.83. The maximum absolute atomic E-state index is 13.7. The monoisotopic (exact) mass is 467 g/mol. The highest BCUT2D eigenvalue weighted by atomic mass is 35.5. The van der Waals surface area contributed by atoms with Crippen LogP contribution >= 0.6 is 11.6 Å². The largest absolute Gasteiger partial charge is 0.369 e. The van der Waals surface area contributed by atoms with Gasteiger partial charge >= 0.3 is 0 Å². The Balaban J connectivity index is 1.75. The predicted octanol–water partition coefficient (Wildman–Crippen LogP) is 4.53. The number of carbonyl (C=O) groups is 1. The molecule has 0 atom stereocenters. The molecule has 0 aliphatic carbocycles. The Bertz CT molecular complexity index is 1380. The average molecular weight is 468 g/mol. The van der Waals surface area contributed by atoms with Crippen molar-refractivity contribution in [3.63, 3.8) is 0 Å². The lowest BCUT2D eigenvalue weighted by atomic mass is 10.0. The number of benzene rings is 3. The van der Waals surface area contributed by atoms with Gasteiger partial charge in [-0.3, -0.25) is 9.10 Å². The van der Waals surface area contributed by atoms with Crippen LogP contribution < -0.4 is 5.32 Å². The number of nitrogens with one attached hydrogen (secondary N) is 1. The topological polar surface area (TPSA) is 69.7 Å². The Morgan fingerprint density at radius 2 is 1.75 bits per heavy atom. The van der Waals surface area contributed by atoms with Crippen LogP contribution in [-0.4, -0.2) is 43.7 Å². The molecule has 5 rings (SSSR count). The molecule has 8 heteroatoms. The number of amides is 1. The minimum Gasteiger partial charge on any atom is -0.369 e. The van der Waals surface area contributed by atoms with E-state index in [2.05, 4.69) is 10.2 Å². The van der Waals surface area contributed by atoms with Crippen LogP contribution in [0.15, 0.2) is 71.3 Å². The lowest BCUT2D eigenvalue weighted by Crippen LogP contribution is -2.40. The number of hydrogen-bond acceptors (Lipinski definition) is 4. The number of likely N-dealkylation sites (N-methyl/N-ethyl adjacent to an activating group) is 1. The predicted molar refractivity (Wildman–Crippen MR) is 127 cm³/mol. The van der Waals surface area contributed by atoms with Gasteiger partial charge in [-0.05, 0) is 36.4 Å². The van der Waals surface area contributed by atoms with Gasteiger partial charge in [-0.15, -0.1) is 0 Å². The van der Waals surface area contributed by atoms with Gasteiger partial charge < -0.3 is 10.2 Å². The van der Waals surface area contributed by atoms with E-state index in [1.54, 1.807) is 24.3 Å². The SMILES string of the molecule is CN1C(C(=O)Nc2cccc(Cl)c2)=C(N2CCCC2)c2ccc3ccccc3c2S1(=O)=O. The van der Waals surface area contributed by atoms with Crippen LogP contribution in [0.4, 0.5) is 5.69 Å². The van der Waals surface area contributed by atoms with Crippen molar-refractivity contribution in [2.24, 2.45) is 0 Å².